The van der Waals surface area contributed by atoms with Crippen LogP contribution in [-0.2, 0) is 4.74 Å². The van der Waals surface area contributed by atoms with Gasteiger partial charge in [0.25, 0.3) is 0 Å². The quantitative estimate of drug-likeness (QED) is 0.391. The third-order valence-electron chi connectivity index (χ3n) is 0. The van der Waals surface area contributed by atoms with Crippen molar-refractivity contribution in [1.82, 2.24) is 0 Å². The van der Waals surface area contributed by atoms with Gasteiger partial charge < -0.3 is 10.5 Å². The van der Waals surface area contributed by atoms with Crippen LogP contribution in [0.1, 0.15) is 0 Å². The summed E-state index contributed by atoms with van der Waals surface area (Å²) in [4.78, 5) is 0. The number of hydrogen-bond donors (Lipinski definition) is 2. The fourth-order valence-electron chi connectivity index (χ4n) is 0. The summed E-state index contributed by atoms with van der Waals surface area (Å²) in [6, 6.07) is 0. The largest absolute Gasteiger partial charge is 0.390 e. The molecule has 0 aromatic rings. The zero-order valence-electron chi connectivity index (χ0n) is 4.88. The minimum atomic E-state index is 0. The van der Waals surface area contributed by atoms with Crippen molar-refractivity contribution >= 4 is 54.3 Å². The average Bonchev–Trinajstić information content (AvgIpc) is 1.39. The van der Waals surface area contributed by atoms with Gasteiger partial charge in [0.05, 0.1) is 6.34 Å². The summed E-state index contributed by atoms with van der Waals surface area (Å²) < 4.78 is 4.25. The van der Waals surface area contributed by atoms with E-state index < -0.39 is 0 Å². The van der Waals surface area contributed by atoms with Gasteiger partial charge in [-0.25, -0.2) is 0 Å². The van der Waals surface area contributed by atoms with Gasteiger partial charge in [0, 0.05) is 14.2 Å². The number of nitrogens with two attached hydrogens (primary N) is 1. The standard InChI is InChI=1S/C2H6O.CH4N2.2HI/c1-3-2;2-1-3;;/h1-2H3;1H,(H3,2,3);2*1H. The molecule has 3 N–H and O–H groups in total. The van der Waals surface area contributed by atoms with Crippen molar-refractivity contribution in [3.8, 4) is 0 Å². The van der Waals surface area contributed by atoms with E-state index in [9.17, 15) is 0 Å². The molecule has 0 atom stereocenters. The number of hydrogen-bond acceptors (Lipinski definition) is 2. The maximum Gasteiger partial charge on any atom is 0.0765 e. The highest BCUT2D eigenvalue weighted by molar-refractivity contribution is 14.0. The van der Waals surface area contributed by atoms with Crippen LogP contribution in [0.2, 0.25) is 0 Å². The van der Waals surface area contributed by atoms with Crippen LogP contribution in [0.3, 0.4) is 0 Å². The maximum atomic E-state index is 5.86. The molecule has 54 valence electrons. The van der Waals surface area contributed by atoms with Crippen molar-refractivity contribution in [3.05, 3.63) is 0 Å². The van der Waals surface area contributed by atoms with E-state index in [4.69, 9.17) is 5.41 Å². The molecule has 0 radical (unpaired) electrons. The fourth-order valence-corrected chi connectivity index (χ4v) is 0. The first-order chi connectivity index (χ1) is 2.83. The van der Waals surface area contributed by atoms with Gasteiger partial charge >= 0.3 is 0 Å². The van der Waals surface area contributed by atoms with E-state index in [1.54, 1.807) is 14.2 Å². The minimum Gasteiger partial charge on any atom is -0.390 e. The molecule has 0 spiro atoms. The van der Waals surface area contributed by atoms with Crippen molar-refractivity contribution in [2.24, 2.45) is 5.73 Å². The molecule has 0 aromatic heterocycles. The first kappa shape index (κ1) is 23.1. The highest BCUT2D eigenvalue weighted by Gasteiger charge is 1.25. The Hall–Kier alpha value is 0.890. The van der Waals surface area contributed by atoms with Crippen LogP contribution in [0.5, 0.6) is 0 Å². The van der Waals surface area contributed by atoms with E-state index in [0.717, 1.165) is 6.34 Å². The maximum absolute atomic E-state index is 5.86. The zero-order valence-corrected chi connectivity index (χ0v) is 9.54. The van der Waals surface area contributed by atoms with E-state index in [-0.39, 0.29) is 48.0 Å². The normalized spacial score (nSPS) is 3.75. The Kier molecular flexibility index (Phi) is 130. The lowest BCUT2D eigenvalue weighted by Gasteiger charge is -1.61. The number of nitrogens with one attached hydrogen (secondary N) is 1. The molecule has 0 unspecified atom stereocenters. The van der Waals surface area contributed by atoms with E-state index in [2.05, 4.69) is 10.5 Å². The lowest BCUT2D eigenvalue weighted by Crippen LogP contribution is -1.81. The van der Waals surface area contributed by atoms with Gasteiger partial charge in [-0.05, 0) is 0 Å². The highest BCUT2D eigenvalue weighted by atomic mass is 127. The van der Waals surface area contributed by atoms with Gasteiger partial charge in [0.15, 0.2) is 0 Å². The third-order valence-corrected chi connectivity index (χ3v) is 0. The summed E-state index contributed by atoms with van der Waals surface area (Å²) in [5, 5.41) is 5.86. The summed E-state index contributed by atoms with van der Waals surface area (Å²) >= 11 is 0. The Morgan fingerprint density at radius 2 is 1.38 bits per heavy atom. The van der Waals surface area contributed by atoms with E-state index in [0.29, 0.717) is 0 Å². The zero-order chi connectivity index (χ0) is 5.41. The van der Waals surface area contributed by atoms with E-state index in [1.165, 1.54) is 0 Å². The van der Waals surface area contributed by atoms with Crippen LogP contribution in [0.25, 0.3) is 0 Å². The molecule has 0 fully saturated rings. The molecule has 0 saturated carbocycles. The Morgan fingerprint density at radius 1 is 1.38 bits per heavy atom. The second kappa shape index (κ2) is 44.8. The summed E-state index contributed by atoms with van der Waals surface area (Å²) in [5.74, 6) is 0. The Bertz CT molecular complexity index is 29.2. The van der Waals surface area contributed by atoms with Gasteiger partial charge in [-0.2, -0.15) is 0 Å². The molecule has 8 heavy (non-hydrogen) atoms. The molecule has 0 rings (SSSR count). The summed E-state index contributed by atoms with van der Waals surface area (Å²) in [7, 11) is 3.25. The first-order valence-electron chi connectivity index (χ1n) is 1.44. The summed E-state index contributed by atoms with van der Waals surface area (Å²) in [6.45, 7) is 0. The predicted molar refractivity (Wildman–Crippen MR) is 56.7 cm³/mol. The molecule has 0 saturated heterocycles. The van der Waals surface area contributed by atoms with Gasteiger partial charge in [0.1, 0.15) is 0 Å². The second-order valence-corrected chi connectivity index (χ2v) is 0.575. The highest BCUT2D eigenvalue weighted by Crippen LogP contribution is 1.28. The first-order valence-corrected chi connectivity index (χ1v) is 1.44. The van der Waals surface area contributed by atoms with Crippen LogP contribution in [0.4, 0.5) is 0 Å². The van der Waals surface area contributed by atoms with Crippen LogP contribution in [-0.4, -0.2) is 20.6 Å². The van der Waals surface area contributed by atoms with Gasteiger partial charge in [-0.1, -0.05) is 0 Å². The summed E-state index contributed by atoms with van der Waals surface area (Å²) in [5.41, 5.74) is 4.39. The number of rotatable bonds is 0. The Morgan fingerprint density at radius 3 is 1.38 bits per heavy atom. The van der Waals surface area contributed by atoms with Crippen molar-refractivity contribution < 1.29 is 4.74 Å². The van der Waals surface area contributed by atoms with Crippen molar-refractivity contribution in [3.63, 3.8) is 0 Å². The molecule has 0 amide bonds. The SMILES string of the molecule is COC.I.I.N=CN. The molecule has 3 nitrogen and oxygen atoms in total. The minimum absolute atomic E-state index is 0. The molecule has 0 aromatic carbocycles. The lowest BCUT2D eigenvalue weighted by molar-refractivity contribution is 0.277. The van der Waals surface area contributed by atoms with Gasteiger partial charge in [-0.3, -0.25) is 5.41 Å². The van der Waals surface area contributed by atoms with Crippen molar-refractivity contribution in [1.29, 1.82) is 5.41 Å². The monoisotopic (exact) mass is 346 g/mol. The van der Waals surface area contributed by atoms with Crippen LogP contribution < -0.4 is 5.73 Å². The molecular formula is C3H12I2N2O. The molecule has 0 aliphatic carbocycles. The van der Waals surface area contributed by atoms with Crippen LogP contribution >= 0.6 is 48.0 Å². The number of ether oxygens (including phenoxy) is 1. The van der Waals surface area contributed by atoms with Crippen LogP contribution in [0.15, 0.2) is 0 Å². The van der Waals surface area contributed by atoms with Crippen molar-refractivity contribution in [2.75, 3.05) is 14.2 Å². The molecular weight excluding hydrogens is 334 g/mol. The Balaban J connectivity index is -0.0000000160. The molecule has 0 aliphatic rings. The Labute approximate surface area is 83.9 Å². The summed E-state index contributed by atoms with van der Waals surface area (Å²) in [6.07, 6.45) is 0.750. The lowest BCUT2D eigenvalue weighted by atomic mass is 11.4. The molecule has 0 bridgehead atoms. The third kappa shape index (κ3) is 302. The topological polar surface area (TPSA) is 59.1 Å². The second-order valence-electron chi connectivity index (χ2n) is 0.575. The smallest absolute Gasteiger partial charge is 0.0765 e. The van der Waals surface area contributed by atoms with Gasteiger partial charge in [-0.15, -0.1) is 48.0 Å². The van der Waals surface area contributed by atoms with E-state index in [1.807, 2.05) is 0 Å². The number of methoxy groups -OCH3 is 1. The fraction of sp³-hybridized carbons (Fsp3) is 0.667. The molecule has 0 heterocycles. The average molecular weight is 346 g/mol. The van der Waals surface area contributed by atoms with Crippen LogP contribution in [0, 0.1) is 5.41 Å². The molecule has 0 aliphatic heterocycles. The predicted octanol–water partition coefficient (Wildman–Crippen LogP) is 1.05. The van der Waals surface area contributed by atoms with E-state index >= 15 is 0 Å². The molecule has 5 heteroatoms. The number of halogens is 2. The van der Waals surface area contributed by atoms with Crippen molar-refractivity contribution in [2.45, 2.75) is 0 Å². The van der Waals surface area contributed by atoms with Gasteiger partial charge in [0.2, 0.25) is 0 Å².